The summed E-state index contributed by atoms with van der Waals surface area (Å²) in [5.74, 6) is 0.820. The third-order valence-corrected chi connectivity index (χ3v) is 4.27. The molecule has 0 aromatic carbocycles. The second kappa shape index (κ2) is 6.39. The number of nitrogens with zero attached hydrogens (tertiary/aromatic N) is 3. The van der Waals surface area contributed by atoms with Crippen molar-refractivity contribution in [2.75, 3.05) is 25.2 Å². The summed E-state index contributed by atoms with van der Waals surface area (Å²) in [6.07, 6.45) is 5.66. The van der Waals surface area contributed by atoms with Crippen molar-refractivity contribution in [3.8, 4) is 0 Å². The molecule has 6 nitrogen and oxygen atoms in total. The lowest BCUT2D eigenvalue weighted by Crippen LogP contribution is -2.48. The molecule has 0 aliphatic carbocycles. The van der Waals surface area contributed by atoms with E-state index in [1.807, 2.05) is 6.07 Å². The van der Waals surface area contributed by atoms with E-state index in [9.17, 15) is 10.1 Å². The van der Waals surface area contributed by atoms with Crippen molar-refractivity contribution in [3.05, 3.63) is 27.9 Å². The van der Waals surface area contributed by atoms with Crippen LogP contribution in [0.2, 0.25) is 0 Å². The lowest BCUT2D eigenvalue weighted by atomic mass is 9.91. The first-order valence-corrected chi connectivity index (χ1v) is 7.41. The van der Waals surface area contributed by atoms with Crippen molar-refractivity contribution >= 4 is 11.5 Å². The fraction of sp³-hybridized carbons (Fsp3) is 0.667. The average Bonchev–Trinajstić information content (AvgIpc) is 2.82. The van der Waals surface area contributed by atoms with E-state index in [2.05, 4.69) is 16.8 Å². The number of rotatable bonds is 6. The Morgan fingerprint density at radius 2 is 2.33 bits per heavy atom. The molecule has 1 aliphatic heterocycles. The monoisotopic (exact) mass is 293 g/mol. The predicted molar refractivity (Wildman–Crippen MR) is 81.7 cm³/mol. The van der Waals surface area contributed by atoms with Crippen molar-refractivity contribution < 1.29 is 9.66 Å². The number of aromatic nitrogens is 1. The van der Waals surface area contributed by atoms with E-state index in [1.165, 1.54) is 6.20 Å². The zero-order valence-electron chi connectivity index (χ0n) is 13.0. The number of anilines is 1. The van der Waals surface area contributed by atoms with E-state index in [4.69, 9.17) is 4.74 Å². The molecule has 0 amide bonds. The Balaban J connectivity index is 2.34. The van der Waals surface area contributed by atoms with Gasteiger partial charge in [0.15, 0.2) is 0 Å². The molecule has 21 heavy (non-hydrogen) atoms. The van der Waals surface area contributed by atoms with Crippen LogP contribution in [0.3, 0.4) is 0 Å². The molecule has 0 N–H and O–H groups in total. The molecule has 6 heteroatoms. The number of aryl methyl sites for hydroxylation is 1. The van der Waals surface area contributed by atoms with Gasteiger partial charge in [0, 0.05) is 19.2 Å². The lowest BCUT2D eigenvalue weighted by molar-refractivity contribution is -0.385. The van der Waals surface area contributed by atoms with Crippen LogP contribution in [0.4, 0.5) is 11.5 Å². The molecular formula is C15H23N3O3. The van der Waals surface area contributed by atoms with E-state index >= 15 is 0 Å². The Hall–Kier alpha value is -1.69. The number of nitro groups is 1. The molecule has 0 saturated carbocycles. The number of hydrogen-bond donors (Lipinski definition) is 0. The minimum absolute atomic E-state index is 0.0287. The molecule has 0 bridgehead atoms. The first kappa shape index (κ1) is 15.7. The minimum atomic E-state index is -0.384. The van der Waals surface area contributed by atoms with Crippen LogP contribution in [0.1, 0.15) is 38.2 Å². The summed E-state index contributed by atoms with van der Waals surface area (Å²) in [4.78, 5) is 17.1. The smallest absolute Gasteiger partial charge is 0.290 e. The first-order chi connectivity index (χ1) is 10.0. The maximum absolute atomic E-state index is 10.9. The Labute approximate surface area is 125 Å². The average molecular weight is 293 g/mol. The second-order valence-corrected chi connectivity index (χ2v) is 5.75. The van der Waals surface area contributed by atoms with Gasteiger partial charge in [-0.3, -0.25) is 10.1 Å². The summed E-state index contributed by atoms with van der Waals surface area (Å²) >= 11 is 0. The maximum Gasteiger partial charge on any atom is 0.290 e. The van der Waals surface area contributed by atoms with Gasteiger partial charge in [-0.05, 0) is 32.3 Å². The van der Waals surface area contributed by atoms with Gasteiger partial charge in [0.25, 0.3) is 5.69 Å². The molecule has 1 atom stereocenters. The van der Waals surface area contributed by atoms with Gasteiger partial charge in [-0.2, -0.15) is 0 Å². The fourth-order valence-electron chi connectivity index (χ4n) is 3.38. The Morgan fingerprint density at radius 3 is 2.90 bits per heavy atom. The molecule has 2 rings (SSSR count). The molecule has 1 aromatic rings. The van der Waals surface area contributed by atoms with Crippen molar-refractivity contribution in [3.63, 3.8) is 0 Å². The van der Waals surface area contributed by atoms with Crippen LogP contribution >= 0.6 is 0 Å². The summed E-state index contributed by atoms with van der Waals surface area (Å²) in [6, 6.07) is 1.82. The SMILES string of the molecule is CCCC1(COC)CCCN1c1cc(C)c([N+](=O)[O-])cn1. The van der Waals surface area contributed by atoms with Gasteiger partial charge < -0.3 is 9.64 Å². The predicted octanol–water partition coefficient (Wildman–Crippen LogP) is 3.08. The summed E-state index contributed by atoms with van der Waals surface area (Å²) in [5, 5.41) is 10.9. The van der Waals surface area contributed by atoms with Gasteiger partial charge >= 0.3 is 0 Å². The van der Waals surface area contributed by atoms with Crippen molar-refractivity contribution in [1.82, 2.24) is 4.98 Å². The molecule has 2 heterocycles. The molecule has 1 unspecified atom stereocenters. The molecule has 0 radical (unpaired) electrons. The molecule has 1 saturated heterocycles. The van der Waals surface area contributed by atoms with Crippen LogP contribution in [0.15, 0.2) is 12.3 Å². The highest BCUT2D eigenvalue weighted by Gasteiger charge is 2.41. The normalized spacial score (nSPS) is 21.8. The van der Waals surface area contributed by atoms with E-state index in [1.54, 1.807) is 14.0 Å². The van der Waals surface area contributed by atoms with Crippen LogP contribution in [-0.2, 0) is 4.74 Å². The van der Waals surface area contributed by atoms with Gasteiger partial charge in [-0.1, -0.05) is 13.3 Å². The van der Waals surface area contributed by atoms with Gasteiger partial charge in [0.2, 0.25) is 0 Å². The first-order valence-electron chi connectivity index (χ1n) is 7.41. The summed E-state index contributed by atoms with van der Waals surface area (Å²) < 4.78 is 5.45. The largest absolute Gasteiger partial charge is 0.382 e. The van der Waals surface area contributed by atoms with Crippen LogP contribution in [0.5, 0.6) is 0 Å². The molecule has 1 aliphatic rings. The summed E-state index contributed by atoms with van der Waals surface area (Å²) in [5.41, 5.74) is 0.699. The number of hydrogen-bond acceptors (Lipinski definition) is 5. The standard InChI is InChI=1S/C15H23N3O3/c1-4-6-15(11-21-3)7-5-8-17(15)14-9-12(2)13(10-16-14)18(19)20/h9-10H,4-8,11H2,1-3H3. The van der Waals surface area contributed by atoms with E-state index < -0.39 is 0 Å². The highest BCUT2D eigenvalue weighted by atomic mass is 16.6. The highest BCUT2D eigenvalue weighted by Crippen LogP contribution is 2.37. The van der Waals surface area contributed by atoms with Crippen molar-refractivity contribution in [1.29, 1.82) is 0 Å². The number of ether oxygens (including phenoxy) is 1. The van der Waals surface area contributed by atoms with Crippen molar-refractivity contribution in [2.24, 2.45) is 0 Å². The van der Waals surface area contributed by atoms with Crippen LogP contribution in [-0.4, -0.2) is 35.7 Å². The zero-order chi connectivity index (χ0) is 15.5. The third-order valence-electron chi connectivity index (χ3n) is 4.27. The van der Waals surface area contributed by atoms with Gasteiger partial charge in [-0.15, -0.1) is 0 Å². The van der Waals surface area contributed by atoms with E-state index in [-0.39, 0.29) is 16.1 Å². The van der Waals surface area contributed by atoms with Crippen LogP contribution in [0, 0.1) is 17.0 Å². The summed E-state index contributed by atoms with van der Waals surface area (Å²) in [6.45, 7) is 5.52. The zero-order valence-corrected chi connectivity index (χ0v) is 13.0. The highest BCUT2D eigenvalue weighted by molar-refractivity contribution is 5.51. The summed E-state index contributed by atoms with van der Waals surface area (Å²) in [7, 11) is 1.72. The molecule has 116 valence electrons. The van der Waals surface area contributed by atoms with E-state index in [0.717, 1.165) is 38.0 Å². The van der Waals surface area contributed by atoms with E-state index in [0.29, 0.717) is 12.2 Å². The van der Waals surface area contributed by atoms with Gasteiger partial charge in [-0.25, -0.2) is 4.98 Å². The molecule has 1 aromatic heterocycles. The van der Waals surface area contributed by atoms with Crippen LogP contribution in [0.25, 0.3) is 0 Å². The van der Waals surface area contributed by atoms with Gasteiger partial charge in [0.05, 0.1) is 17.1 Å². The maximum atomic E-state index is 10.9. The number of methoxy groups -OCH3 is 1. The Kier molecular flexibility index (Phi) is 4.77. The lowest BCUT2D eigenvalue weighted by Gasteiger charge is -2.39. The number of pyridine rings is 1. The molecule has 1 fully saturated rings. The Morgan fingerprint density at radius 1 is 1.57 bits per heavy atom. The fourth-order valence-corrected chi connectivity index (χ4v) is 3.38. The second-order valence-electron chi connectivity index (χ2n) is 5.75. The quantitative estimate of drug-likeness (QED) is 0.595. The topological polar surface area (TPSA) is 68.5 Å². The Bertz CT molecular complexity index is 513. The van der Waals surface area contributed by atoms with Crippen molar-refractivity contribution in [2.45, 2.75) is 45.1 Å². The third kappa shape index (κ3) is 3.00. The molecule has 0 spiro atoms. The van der Waals surface area contributed by atoms with Gasteiger partial charge in [0.1, 0.15) is 12.0 Å². The molecular weight excluding hydrogens is 270 g/mol. The minimum Gasteiger partial charge on any atom is -0.382 e. The van der Waals surface area contributed by atoms with Crippen LogP contribution < -0.4 is 4.90 Å².